The van der Waals surface area contributed by atoms with Crippen molar-refractivity contribution in [3.05, 3.63) is 34.9 Å². The summed E-state index contributed by atoms with van der Waals surface area (Å²) in [6.45, 7) is 4.82. The average molecular weight is 249 g/mol. The Morgan fingerprint density at radius 3 is 2.33 bits per heavy atom. The lowest BCUT2D eigenvalue weighted by Crippen LogP contribution is -2.09. The fourth-order valence-corrected chi connectivity index (χ4v) is 2.42. The third-order valence-corrected chi connectivity index (χ3v) is 3.17. The zero-order valence-corrected chi connectivity index (χ0v) is 11.3. The number of carboxylic acid groups (broad SMARTS) is 1. The summed E-state index contributed by atoms with van der Waals surface area (Å²) in [7, 11) is 0. The van der Waals surface area contributed by atoms with Crippen molar-refractivity contribution < 1.29 is 9.90 Å². The molecular weight excluding hydrogens is 226 g/mol. The van der Waals surface area contributed by atoms with Crippen LogP contribution < -0.4 is 5.73 Å². The van der Waals surface area contributed by atoms with Crippen molar-refractivity contribution in [1.29, 1.82) is 0 Å². The highest BCUT2D eigenvalue weighted by atomic mass is 16.4. The maximum absolute atomic E-state index is 10.6. The van der Waals surface area contributed by atoms with E-state index >= 15 is 0 Å². The van der Waals surface area contributed by atoms with Gasteiger partial charge < -0.3 is 10.8 Å². The van der Waals surface area contributed by atoms with Crippen LogP contribution in [0, 0.1) is 13.8 Å². The van der Waals surface area contributed by atoms with Gasteiger partial charge >= 0.3 is 5.97 Å². The van der Waals surface area contributed by atoms with Gasteiger partial charge in [0.1, 0.15) is 0 Å². The summed E-state index contributed by atoms with van der Waals surface area (Å²) >= 11 is 0. The molecule has 1 unspecified atom stereocenters. The molecule has 0 spiro atoms. The minimum absolute atomic E-state index is 0.242. The highest BCUT2D eigenvalue weighted by molar-refractivity contribution is 5.66. The molecule has 0 heterocycles. The number of hydrogen-bond donors (Lipinski definition) is 2. The average Bonchev–Trinajstić information content (AvgIpc) is 2.26. The molecule has 0 amide bonds. The first kappa shape index (κ1) is 14.7. The summed E-state index contributed by atoms with van der Waals surface area (Å²) in [6, 6.07) is 6.53. The van der Waals surface area contributed by atoms with Crippen LogP contribution in [0.3, 0.4) is 0 Å². The Hall–Kier alpha value is -1.35. The van der Waals surface area contributed by atoms with Gasteiger partial charge in [0.15, 0.2) is 0 Å². The molecule has 3 heteroatoms. The lowest BCUT2D eigenvalue weighted by atomic mass is 9.89. The predicted molar refractivity (Wildman–Crippen MR) is 73.8 cm³/mol. The van der Waals surface area contributed by atoms with E-state index < -0.39 is 5.97 Å². The molecule has 3 nitrogen and oxygen atoms in total. The zero-order valence-electron chi connectivity index (χ0n) is 11.3. The van der Waals surface area contributed by atoms with E-state index in [0.29, 0.717) is 18.9 Å². The van der Waals surface area contributed by atoms with Gasteiger partial charge in [0.2, 0.25) is 0 Å². The smallest absolute Gasteiger partial charge is 0.303 e. The normalized spacial score (nSPS) is 12.4. The van der Waals surface area contributed by atoms with Gasteiger partial charge in [-0.3, -0.25) is 4.79 Å². The highest BCUT2D eigenvalue weighted by Gasteiger charge is 2.12. The minimum Gasteiger partial charge on any atom is -0.481 e. The number of rotatable bonds is 7. The van der Waals surface area contributed by atoms with Gasteiger partial charge in [0.25, 0.3) is 0 Å². The van der Waals surface area contributed by atoms with Crippen LogP contribution in [0.2, 0.25) is 0 Å². The lowest BCUT2D eigenvalue weighted by Gasteiger charge is -2.17. The largest absolute Gasteiger partial charge is 0.481 e. The zero-order chi connectivity index (χ0) is 13.5. The van der Waals surface area contributed by atoms with Crippen molar-refractivity contribution in [2.24, 2.45) is 5.73 Å². The third kappa shape index (κ3) is 4.88. The second kappa shape index (κ2) is 7.17. The van der Waals surface area contributed by atoms with Crippen LogP contribution in [0.25, 0.3) is 0 Å². The standard InChI is InChI=1S/C15H23NO2/c1-11-8-12(2)10-14(9-11)13(6-7-16)4-3-5-15(17)18/h8-10,13H,3-7,16H2,1-2H3,(H,17,18). The molecular formula is C15H23NO2. The van der Waals surface area contributed by atoms with Gasteiger partial charge in [0.05, 0.1) is 0 Å². The number of benzene rings is 1. The molecule has 18 heavy (non-hydrogen) atoms. The number of carboxylic acids is 1. The molecule has 1 aromatic rings. The molecule has 100 valence electrons. The first-order valence-corrected chi connectivity index (χ1v) is 6.53. The first-order chi connectivity index (χ1) is 8.52. The Labute approximate surface area is 109 Å². The molecule has 0 aliphatic rings. The van der Waals surface area contributed by atoms with Crippen molar-refractivity contribution in [1.82, 2.24) is 0 Å². The maximum Gasteiger partial charge on any atom is 0.303 e. The molecule has 0 aromatic heterocycles. The molecule has 0 saturated heterocycles. The molecule has 1 atom stereocenters. The van der Waals surface area contributed by atoms with Gasteiger partial charge in [-0.05, 0) is 51.1 Å². The molecule has 0 radical (unpaired) electrons. The van der Waals surface area contributed by atoms with Crippen molar-refractivity contribution in [2.45, 2.75) is 45.4 Å². The van der Waals surface area contributed by atoms with Crippen LogP contribution in [-0.4, -0.2) is 17.6 Å². The topological polar surface area (TPSA) is 63.3 Å². The highest BCUT2D eigenvalue weighted by Crippen LogP contribution is 2.27. The van der Waals surface area contributed by atoms with Crippen LogP contribution in [-0.2, 0) is 4.79 Å². The van der Waals surface area contributed by atoms with Crippen LogP contribution in [0.5, 0.6) is 0 Å². The fraction of sp³-hybridized carbons (Fsp3) is 0.533. The van der Waals surface area contributed by atoms with E-state index in [2.05, 4.69) is 32.0 Å². The summed E-state index contributed by atoms with van der Waals surface area (Å²) in [4.78, 5) is 10.6. The van der Waals surface area contributed by atoms with Gasteiger partial charge in [-0.1, -0.05) is 29.3 Å². The summed E-state index contributed by atoms with van der Waals surface area (Å²) in [6.07, 6.45) is 2.77. The molecule has 1 rings (SSSR count). The first-order valence-electron chi connectivity index (χ1n) is 6.53. The second-order valence-electron chi connectivity index (χ2n) is 4.98. The lowest BCUT2D eigenvalue weighted by molar-refractivity contribution is -0.137. The number of aliphatic carboxylic acids is 1. The molecule has 3 N–H and O–H groups in total. The summed E-state index contributed by atoms with van der Waals surface area (Å²) < 4.78 is 0. The number of hydrogen-bond acceptors (Lipinski definition) is 2. The monoisotopic (exact) mass is 249 g/mol. The number of nitrogens with two attached hydrogens (primary N) is 1. The SMILES string of the molecule is Cc1cc(C)cc(C(CCN)CCCC(=O)O)c1. The van der Waals surface area contributed by atoms with Crippen LogP contribution in [0.15, 0.2) is 18.2 Å². The number of aryl methyl sites for hydroxylation is 2. The number of carbonyl (C=O) groups is 1. The van der Waals surface area contributed by atoms with Crippen molar-refractivity contribution in [2.75, 3.05) is 6.54 Å². The van der Waals surface area contributed by atoms with Crippen molar-refractivity contribution in [3.63, 3.8) is 0 Å². The Morgan fingerprint density at radius 1 is 1.22 bits per heavy atom. The third-order valence-electron chi connectivity index (χ3n) is 3.17. The van der Waals surface area contributed by atoms with Gasteiger partial charge in [-0.15, -0.1) is 0 Å². The van der Waals surface area contributed by atoms with E-state index in [0.717, 1.165) is 12.8 Å². The van der Waals surface area contributed by atoms with Crippen LogP contribution in [0.4, 0.5) is 0 Å². The summed E-state index contributed by atoms with van der Waals surface area (Å²) in [5.74, 6) is -0.338. The van der Waals surface area contributed by atoms with Crippen LogP contribution in [0.1, 0.15) is 48.3 Å². The Balaban J connectivity index is 2.73. The Bertz CT molecular complexity index is 381. The van der Waals surface area contributed by atoms with E-state index in [4.69, 9.17) is 10.8 Å². The second-order valence-corrected chi connectivity index (χ2v) is 4.98. The fourth-order valence-electron chi connectivity index (χ4n) is 2.42. The molecule has 0 aliphatic heterocycles. The van der Waals surface area contributed by atoms with Crippen molar-refractivity contribution >= 4 is 5.97 Å². The van der Waals surface area contributed by atoms with E-state index in [1.807, 2.05) is 0 Å². The molecule has 0 bridgehead atoms. The summed E-state index contributed by atoms with van der Waals surface area (Å²) in [5, 5.41) is 8.69. The Kier molecular flexibility index (Phi) is 5.86. The molecule has 1 aromatic carbocycles. The van der Waals surface area contributed by atoms with E-state index in [9.17, 15) is 4.79 Å². The van der Waals surface area contributed by atoms with Gasteiger partial charge in [-0.2, -0.15) is 0 Å². The molecule has 0 saturated carbocycles. The van der Waals surface area contributed by atoms with E-state index in [-0.39, 0.29) is 6.42 Å². The van der Waals surface area contributed by atoms with Gasteiger partial charge in [0, 0.05) is 6.42 Å². The summed E-state index contributed by atoms with van der Waals surface area (Å²) in [5.41, 5.74) is 9.46. The quantitative estimate of drug-likeness (QED) is 0.780. The van der Waals surface area contributed by atoms with Crippen LogP contribution >= 0.6 is 0 Å². The molecule has 0 aliphatic carbocycles. The van der Waals surface area contributed by atoms with E-state index in [1.165, 1.54) is 16.7 Å². The maximum atomic E-state index is 10.6. The van der Waals surface area contributed by atoms with E-state index in [1.54, 1.807) is 0 Å². The Morgan fingerprint density at radius 2 is 1.83 bits per heavy atom. The predicted octanol–water partition coefficient (Wildman–Crippen LogP) is 2.99. The minimum atomic E-state index is -0.720. The molecule has 0 fully saturated rings. The van der Waals surface area contributed by atoms with Crippen molar-refractivity contribution in [3.8, 4) is 0 Å². The van der Waals surface area contributed by atoms with Gasteiger partial charge in [-0.25, -0.2) is 0 Å².